The van der Waals surface area contributed by atoms with E-state index in [1.807, 2.05) is 0 Å². The molecule has 3 nitrogen and oxygen atoms in total. The van der Waals surface area contributed by atoms with Gasteiger partial charge < -0.3 is 9.47 Å². The fourth-order valence-electron chi connectivity index (χ4n) is 9.87. The first-order chi connectivity index (χ1) is 19.6. The van der Waals surface area contributed by atoms with Gasteiger partial charge >= 0.3 is 5.97 Å². The molecule has 4 heteroatoms. The van der Waals surface area contributed by atoms with Crippen LogP contribution in [-0.4, -0.2) is 18.7 Å². The smallest absolute Gasteiger partial charge is 0.341 e. The first kappa shape index (κ1) is 30.4. The zero-order chi connectivity index (χ0) is 29.4. The Hall–Kier alpha value is -2.10. The third kappa shape index (κ3) is 5.91. The molecule has 0 unspecified atom stereocenters. The van der Waals surface area contributed by atoms with Crippen molar-refractivity contribution >= 4 is 5.97 Å². The molecule has 8 atom stereocenters. The minimum Gasteiger partial charge on any atom is -0.489 e. The van der Waals surface area contributed by atoms with Crippen LogP contribution in [0.5, 0.6) is 5.75 Å². The van der Waals surface area contributed by atoms with Crippen LogP contribution in [0.1, 0.15) is 116 Å². The summed E-state index contributed by atoms with van der Waals surface area (Å²) in [5.41, 5.74) is 2.14. The van der Waals surface area contributed by atoms with Crippen LogP contribution in [0.15, 0.2) is 42.5 Å². The zero-order valence-electron chi connectivity index (χ0n) is 26.2. The summed E-state index contributed by atoms with van der Waals surface area (Å²) in [6, 6.07) is 4.33. The number of fused-ring (bicyclic) bond motifs is 5. The molecule has 0 aliphatic heterocycles. The summed E-state index contributed by atoms with van der Waals surface area (Å²) in [5, 5.41) is 0. The minimum absolute atomic E-state index is 0.0252. The molecule has 1 aromatic rings. The third-order valence-electron chi connectivity index (χ3n) is 12.1. The Morgan fingerprint density at radius 1 is 1.10 bits per heavy atom. The molecule has 0 aromatic heterocycles. The molecule has 3 saturated carbocycles. The maximum atomic E-state index is 14.7. The maximum Gasteiger partial charge on any atom is 0.341 e. The molecule has 0 saturated heterocycles. The second kappa shape index (κ2) is 12.3. The standard InChI is InChI=1S/C37H53FO3/c1-7-21-40-27-12-14-30(34(38)23-27)35(39)41-28-17-19-36(5)26(22-28)11-13-29-32-16-15-31(25(4)10-8-9-24(2)3)37(32,6)20-18-33(29)36/h7,11-12,14,23-25,28-29,31-33H,1,8-10,13,15-22H2,2-6H3/t25-,28+,29+,31-,32+,33+,36+,37-/m1/s1. The maximum absolute atomic E-state index is 14.7. The molecule has 1 aromatic carbocycles. The Labute approximate surface area is 248 Å². The van der Waals surface area contributed by atoms with Crippen molar-refractivity contribution in [3.05, 3.63) is 53.9 Å². The van der Waals surface area contributed by atoms with Gasteiger partial charge in [-0.25, -0.2) is 9.18 Å². The normalized spacial score (nSPS) is 35.1. The fraction of sp³-hybridized carbons (Fsp3) is 0.703. The Morgan fingerprint density at radius 2 is 1.90 bits per heavy atom. The van der Waals surface area contributed by atoms with Crippen LogP contribution >= 0.6 is 0 Å². The molecule has 0 spiro atoms. The van der Waals surface area contributed by atoms with E-state index in [2.05, 4.69) is 47.3 Å². The molecule has 4 aliphatic rings. The van der Waals surface area contributed by atoms with E-state index in [4.69, 9.17) is 9.47 Å². The van der Waals surface area contributed by atoms with Crippen LogP contribution < -0.4 is 4.74 Å². The van der Waals surface area contributed by atoms with Crippen molar-refractivity contribution in [2.45, 2.75) is 111 Å². The van der Waals surface area contributed by atoms with Crippen molar-refractivity contribution in [2.24, 2.45) is 46.3 Å². The number of hydrogen-bond acceptors (Lipinski definition) is 3. The van der Waals surface area contributed by atoms with Crippen molar-refractivity contribution in [2.75, 3.05) is 6.61 Å². The molecule has 0 radical (unpaired) electrons. The Bertz CT molecular complexity index is 1140. The van der Waals surface area contributed by atoms with E-state index in [1.54, 1.807) is 12.1 Å². The van der Waals surface area contributed by atoms with Crippen LogP contribution in [-0.2, 0) is 4.74 Å². The van der Waals surface area contributed by atoms with E-state index in [-0.39, 0.29) is 17.1 Å². The zero-order valence-corrected chi connectivity index (χ0v) is 26.2. The number of benzene rings is 1. The van der Waals surface area contributed by atoms with E-state index >= 15 is 0 Å². The molecule has 0 N–H and O–H groups in total. The van der Waals surface area contributed by atoms with E-state index in [1.165, 1.54) is 69.1 Å². The molecule has 4 aliphatic carbocycles. The molecule has 0 amide bonds. The average molecular weight is 565 g/mol. The number of esters is 1. The Balaban J connectivity index is 1.23. The highest BCUT2D eigenvalue weighted by molar-refractivity contribution is 5.90. The summed E-state index contributed by atoms with van der Waals surface area (Å²) in [6.07, 6.45) is 17.4. The van der Waals surface area contributed by atoms with E-state index in [9.17, 15) is 9.18 Å². The lowest BCUT2D eigenvalue weighted by molar-refractivity contribution is -0.0595. The van der Waals surface area contributed by atoms with Gasteiger partial charge in [-0.2, -0.15) is 0 Å². The first-order valence-electron chi connectivity index (χ1n) is 16.5. The van der Waals surface area contributed by atoms with Gasteiger partial charge in [0, 0.05) is 12.5 Å². The summed E-state index contributed by atoms with van der Waals surface area (Å²) in [6.45, 7) is 16.3. The second-order valence-corrected chi connectivity index (χ2v) is 14.8. The SMILES string of the molecule is C=CCOc1ccc(C(=O)O[C@H]2CC[C@@]3(C)C(=CC[C@H]4[C@@H]5CC[C@H]([C@H](C)CCCC(C)C)[C@@]5(C)CC[C@@H]43)C2)c(F)c1. The molecule has 0 heterocycles. The molecular formula is C37H53FO3. The van der Waals surface area contributed by atoms with Crippen molar-refractivity contribution in [3.8, 4) is 5.75 Å². The third-order valence-corrected chi connectivity index (χ3v) is 12.1. The van der Waals surface area contributed by atoms with E-state index < -0.39 is 11.8 Å². The van der Waals surface area contributed by atoms with Gasteiger partial charge in [-0.05, 0) is 103 Å². The molecule has 5 rings (SSSR count). The lowest BCUT2D eigenvalue weighted by Gasteiger charge is -2.58. The van der Waals surface area contributed by atoms with Crippen molar-refractivity contribution in [1.29, 1.82) is 0 Å². The summed E-state index contributed by atoms with van der Waals surface area (Å²) in [5.74, 6) is 4.06. The van der Waals surface area contributed by atoms with Crippen LogP contribution in [0, 0.1) is 52.2 Å². The number of carbonyl (C=O) groups excluding carboxylic acids is 1. The van der Waals surface area contributed by atoms with Gasteiger partial charge in [-0.1, -0.05) is 78.2 Å². The van der Waals surface area contributed by atoms with Gasteiger partial charge in [0.2, 0.25) is 0 Å². The summed E-state index contributed by atoms with van der Waals surface area (Å²) >= 11 is 0. The molecule has 226 valence electrons. The molecular weight excluding hydrogens is 511 g/mol. The number of rotatable bonds is 10. The number of halogens is 1. The Morgan fingerprint density at radius 3 is 2.63 bits per heavy atom. The van der Waals surface area contributed by atoms with Gasteiger partial charge in [0.15, 0.2) is 0 Å². The summed E-state index contributed by atoms with van der Waals surface area (Å²) < 4.78 is 26.0. The van der Waals surface area contributed by atoms with Gasteiger partial charge in [0.05, 0.1) is 5.56 Å². The van der Waals surface area contributed by atoms with Crippen molar-refractivity contribution in [3.63, 3.8) is 0 Å². The lowest BCUT2D eigenvalue weighted by atomic mass is 9.47. The van der Waals surface area contributed by atoms with E-state index in [0.29, 0.717) is 17.8 Å². The highest BCUT2D eigenvalue weighted by Crippen LogP contribution is 2.67. The topological polar surface area (TPSA) is 35.5 Å². The van der Waals surface area contributed by atoms with Gasteiger partial charge in [0.1, 0.15) is 24.3 Å². The van der Waals surface area contributed by atoms with Crippen molar-refractivity contribution in [1.82, 2.24) is 0 Å². The molecule has 41 heavy (non-hydrogen) atoms. The molecule has 0 bridgehead atoms. The lowest BCUT2D eigenvalue weighted by Crippen LogP contribution is -2.51. The predicted molar refractivity (Wildman–Crippen MR) is 164 cm³/mol. The van der Waals surface area contributed by atoms with E-state index in [0.717, 1.165) is 54.8 Å². The van der Waals surface area contributed by atoms with Crippen LogP contribution in [0.2, 0.25) is 0 Å². The van der Waals surface area contributed by atoms with Gasteiger partial charge in [0.25, 0.3) is 0 Å². The number of ether oxygens (including phenoxy) is 2. The number of hydrogen-bond donors (Lipinski definition) is 0. The summed E-state index contributed by atoms with van der Waals surface area (Å²) in [4.78, 5) is 12.9. The average Bonchev–Trinajstić information content (AvgIpc) is 3.29. The van der Waals surface area contributed by atoms with Crippen LogP contribution in [0.25, 0.3) is 0 Å². The van der Waals surface area contributed by atoms with Crippen LogP contribution in [0.3, 0.4) is 0 Å². The van der Waals surface area contributed by atoms with Gasteiger partial charge in [-0.15, -0.1) is 0 Å². The summed E-state index contributed by atoms with van der Waals surface area (Å²) in [7, 11) is 0. The molecule has 3 fully saturated rings. The van der Waals surface area contributed by atoms with Crippen molar-refractivity contribution < 1.29 is 18.7 Å². The number of carbonyl (C=O) groups is 1. The fourth-order valence-corrected chi connectivity index (χ4v) is 9.87. The quantitative estimate of drug-likeness (QED) is 0.209. The van der Waals surface area contributed by atoms with Crippen LogP contribution in [0.4, 0.5) is 4.39 Å². The highest BCUT2D eigenvalue weighted by atomic mass is 19.1. The monoisotopic (exact) mass is 564 g/mol. The second-order valence-electron chi connectivity index (χ2n) is 14.8. The number of allylic oxidation sites excluding steroid dienone is 1. The predicted octanol–water partition coefficient (Wildman–Crippen LogP) is 9.96. The van der Waals surface area contributed by atoms with Gasteiger partial charge in [-0.3, -0.25) is 0 Å². The minimum atomic E-state index is -0.605. The largest absolute Gasteiger partial charge is 0.489 e. The Kier molecular flexibility index (Phi) is 9.07. The highest BCUT2D eigenvalue weighted by Gasteiger charge is 2.59. The first-order valence-corrected chi connectivity index (χ1v) is 16.5.